The number of carbonyl (C=O) groups is 4. The standard InChI is InChI=1S/C32H37NO12/c1-18(25(30(37)38-6)33-26(22-13-9-7-10-14-22)23-15-11-8-12-16-23)43-32(5)44-29-28(41-21(4)36)27(40-20(3)35)24(17-39-19(2)34)42-31(29)45-32/h7-16,18,24-25,27-29,31H,17H2,1-6H3/t18-,24-,25+,27-,28+,29-,31-,32+/m1/s1. The first-order valence-electron chi connectivity index (χ1n) is 14.3. The molecule has 2 aromatic carbocycles. The second-order valence-corrected chi connectivity index (χ2v) is 10.6. The van der Waals surface area contributed by atoms with Crippen LogP contribution in [0.15, 0.2) is 65.7 Å². The second kappa shape index (κ2) is 14.7. The summed E-state index contributed by atoms with van der Waals surface area (Å²) in [4.78, 5) is 53.5. The number of ether oxygens (including phenoxy) is 8. The number of hydrogen-bond acceptors (Lipinski definition) is 13. The summed E-state index contributed by atoms with van der Waals surface area (Å²) in [5.41, 5.74) is 2.07. The van der Waals surface area contributed by atoms with Gasteiger partial charge in [-0.3, -0.25) is 24.1 Å². The topological polar surface area (TPSA) is 154 Å². The zero-order valence-electron chi connectivity index (χ0n) is 25.9. The molecule has 2 aliphatic heterocycles. The van der Waals surface area contributed by atoms with Crippen LogP contribution < -0.4 is 0 Å². The summed E-state index contributed by atoms with van der Waals surface area (Å²) >= 11 is 0. The van der Waals surface area contributed by atoms with Crippen LogP contribution in [0.2, 0.25) is 0 Å². The van der Waals surface area contributed by atoms with Crippen LogP contribution in [0.1, 0.15) is 45.7 Å². The molecular weight excluding hydrogens is 590 g/mol. The predicted molar refractivity (Wildman–Crippen MR) is 156 cm³/mol. The molecule has 242 valence electrons. The first-order chi connectivity index (χ1) is 21.4. The third-order valence-electron chi connectivity index (χ3n) is 6.98. The molecule has 0 N–H and O–H groups in total. The van der Waals surface area contributed by atoms with Crippen molar-refractivity contribution in [2.45, 2.75) is 83.4 Å². The van der Waals surface area contributed by atoms with Gasteiger partial charge in [0.15, 0.2) is 30.6 Å². The van der Waals surface area contributed by atoms with E-state index in [0.717, 1.165) is 11.1 Å². The Kier molecular flexibility index (Phi) is 11.0. The molecule has 8 atom stereocenters. The summed E-state index contributed by atoms with van der Waals surface area (Å²) in [5, 5.41) is 0. The van der Waals surface area contributed by atoms with Crippen molar-refractivity contribution in [3.63, 3.8) is 0 Å². The van der Waals surface area contributed by atoms with Crippen LogP contribution in [0.25, 0.3) is 0 Å². The molecule has 2 saturated heterocycles. The van der Waals surface area contributed by atoms with Gasteiger partial charge in [-0.25, -0.2) is 4.79 Å². The normalized spacial score (nSPS) is 26.8. The van der Waals surface area contributed by atoms with Gasteiger partial charge in [0.2, 0.25) is 0 Å². The summed E-state index contributed by atoms with van der Waals surface area (Å²) in [6.07, 6.45) is -6.82. The largest absolute Gasteiger partial charge is 0.467 e. The first-order valence-corrected chi connectivity index (χ1v) is 14.3. The Labute approximate surface area is 260 Å². The van der Waals surface area contributed by atoms with Crippen LogP contribution in [0.4, 0.5) is 0 Å². The van der Waals surface area contributed by atoms with Gasteiger partial charge in [0.1, 0.15) is 12.7 Å². The van der Waals surface area contributed by atoms with Crippen molar-refractivity contribution in [1.29, 1.82) is 0 Å². The van der Waals surface area contributed by atoms with Crippen molar-refractivity contribution in [3.05, 3.63) is 71.8 Å². The summed E-state index contributed by atoms with van der Waals surface area (Å²) in [5.74, 6) is -4.51. The van der Waals surface area contributed by atoms with E-state index in [4.69, 9.17) is 42.9 Å². The van der Waals surface area contributed by atoms with E-state index in [2.05, 4.69) is 0 Å². The Morgan fingerprint density at radius 3 is 1.91 bits per heavy atom. The molecule has 2 heterocycles. The summed E-state index contributed by atoms with van der Waals surface area (Å²) in [6, 6.07) is 17.5. The van der Waals surface area contributed by atoms with Gasteiger partial charge in [0, 0.05) is 38.8 Å². The zero-order valence-corrected chi connectivity index (χ0v) is 25.9. The number of benzene rings is 2. The summed E-state index contributed by atoms with van der Waals surface area (Å²) < 4.78 is 45.4. The molecule has 0 radical (unpaired) electrons. The lowest BCUT2D eigenvalue weighted by Crippen LogP contribution is -2.60. The molecule has 0 saturated carbocycles. The van der Waals surface area contributed by atoms with Crippen LogP contribution in [0.5, 0.6) is 0 Å². The molecular formula is C32H37NO12. The fourth-order valence-corrected chi connectivity index (χ4v) is 5.15. The third-order valence-corrected chi connectivity index (χ3v) is 6.98. The number of methoxy groups -OCH3 is 1. The van der Waals surface area contributed by atoms with Gasteiger partial charge < -0.3 is 33.2 Å². The van der Waals surface area contributed by atoms with E-state index >= 15 is 0 Å². The molecule has 0 aliphatic carbocycles. The fourth-order valence-electron chi connectivity index (χ4n) is 5.15. The molecule has 0 aromatic heterocycles. The molecule has 45 heavy (non-hydrogen) atoms. The van der Waals surface area contributed by atoms with Crippen molar-refractivity contribution in [1.82, 2.24) is 0 Å². The van der Waals surface area contributed by atoms with Crippen molar-refractivity contribution in [3.8, 4) is 0 Å². The van der Waals surface area contributed by atoms with Gasteiger partial charge in [0.25, 0.3) is 5.97 Å². The van der Waals surface area contributed by atoms with Crippen LogP contribution >= 0.6 is 0 Å². The number of rotatable bonds is 11. The molecule has 0 unspecified atom stereocenters. The average molecular weight is 628 g/mol. The van der Waals surface area contributed by atoms with Gasteiger partial charge in [-0.05, 0) is 6.92 Å². The molecule has 4 rings (SSSR count). The predicted octanol–water partition coefficient (Wildman–Crippen LogP) is 2.71. The lowest BCUT2D eigenvalue weighted by Gasteiger charge is -2.40. The van der Waals surface area contributed by atoms with Gasteiger partial charge in [-0.2, -0.15) is 0 Å². The van der Waals surface area contributed by atoms with E-state index in [-0.39, 0.29) is 6.61 Å². The minimum atomic E-state index is -1.86. The Morgan fingerprint density at radius 2 is 1.40 bits per heavy atom. The quantitative estimate of drug-likeness (QED) is 0.204. The lowest BCUT2D eigenvalue weighted by molar-refractivity contribution is -0.357. The van der Waals surface area contributed by atoms with Crippen LogP contribution in [-0.4, -0.2) is 92.1 Å². The molecule has 2 fully saturated rings. The van der Waals surface area contributed by atoms with Crippen molar-refractivity contribution in [2.75, 3.05) is 13.7 Å². The highest BCUT2D eigenvalue weighted by Gasteiger charge is 2.60. The number of nitrogens with zero attached hydrogens (tertiary/aromatic N) is 1. The minimum Gasteiger partial charge on any atom is -0.467 e. The van der Waals surface area contributed by atoms with E-state index in [1.807, 2.05) is 60.7 Å². The summed E-state index contributed by atoms with van der Waals surface area (Å²) in [7, 11) is 1.25. The second-order valence-electron chi connectivity index (χ2n) is 10.6. The van der Waals surface area contributed by atoms with Crippen molar-refractivity contribution < 1.29 is 57.1 Å². The maximum atomic E-state index is 13.1. The van der Waals surface area contributed by atoms with E-state index in [1.54, 1.807) is 6.92 Å². The molecule has 13 nitrogen and oxygen atoms in total. The number of aliphatic imine (C=N–C) groups is 1. The minimum absolute atomic E-state index is 0.327. The maximum absolute atomic E-state index is 13.1. The van der Waals surface area contributed by atoms with E-state index < -0.39 is 72.7 Å². The monoisotopic (exact) mass is 627 g/mol. The summed E-state index contributed by atoms with van der Waals surface area (Å²) in [6.45, 7) is 6.29. The van der Waals surface area contributed by atoms with Crippen LogP contribution in [0.3, 0.4) is 0 Å². The molecule has 0 spiro atoms. The van der Waals surface area contributed by atoms with Gasteiger partial charge >= 0.3 is 23.9 Å². The SMILES string of the molecule is COC(=O)[C@@H](N=C(c1ccccc1)c1ccccc1)[C@@H](C)O[C@]1(C)O[C@H]2O[C@H](COC(C)=O)[C@@H](OC(C)=O)[C@H](OC(C)=O)[C@H]2O1. The Hall–Kier alpha value is -4.17. The number of hydrogen-bond donors (Lipinski definition) is 0. The molecule has 2 aromatic rings. The molecule has 13 heteroatoms. The highest BCUT2D eigenvalue weighted by molar-refractivity contribution is 6.13. The van der Waals surface area contributed by atoms with Gasteiger partial charge in [-0.1, -0.05) is 60.7 Å². The fraction of sp³-hybridized carbons (Fsp3) is 0.469. The number of esters is 4. The third kappa shape index (κ3) is 8.51. The smallest absolute Gasteiger partial charge is 0.333 e. The first kappa shape index (κ1) is 33.7. The average Bonchev–Trinajstić information content (AvgIpc) is 3.33. The molecule has 2 aliphatic rings. The highest BCUT2D eigenvalue weighted by atomic mass is 16.9. The number of carbonyl (C=O) groups excluding carboxylic acids is 4. The Bertz CT molecular complexity index is 1340. The van der Waals surface area contributed by atoms with Crippen molar-refractivity contribution in [2.24, 2.45) is 4.99 Å². The van der Waals surface area contributed by atoms with Gasteiger partial charge in [-0.15, -0.1) is 0 Å². The van der Waals surface area contributed by atoms with Crippen LogP contribution in [-0.2, 0) is 57.1 Å². The Balaban J connectivity index is 1.64. The molecule has 0 amide bonds. The Morgan fingerprint density at radius 1 is 0.844 bits per heavy atom. The maximum Gasteiger partial charge on any atom is 0.333 e. The highest BCUT2D eigenvalue weighted by Crippen LogP contribution is 2.40. The van der Waals surface area contributed by atoms with Crippen molar-refractivity contribution >= 4 is 29.6 Å². The van der Waals surface area contributed by atoms with E-state index in [9.17, 15) is 19.2 Å². The van der Waals surface area contributed by atoms with Gasteiger partial charge in [0.05, 0.1) is 18.9 Å². The van der Waals surface area contributed by atoms with E-state index in [1.165, 1.54) is 34.8 Å². The molecule has 0 bridgehead atoms. The zero-order chi connectivity index (χ0) is 32.7. The van der Waals surface area contributed by atoms with E-state index in [0.29, 0.717) is 5.71 Å². The van der Waals surface area contributed by atoms with Crippen LogP contribution in [0, 0.1) is 0 Å². The lowest BCUT2D eigenvalue weighted by atomic mass is 9.98. The number of fused-ring (bicyclic) bond motifs is 1.